The minimum Gasteiger partial charge on any atom is -0.335 e. The predicted octanol–water partition coefficient (Wildman–Crippen LogP) is 2.12. The summed E-state index contributed by atoms with van der Waals surface area (Å²) in [6, 6.07) is 2.01. The van der Waals surface area contributed by atoms with Crippen LogP contribution in [0.25, 0.3) is 0 Å². The van der Waals surface area contributed by atoms with Crippen molar-refractivity contribution in [2.45, 2.75) is 58.5 Å². The predicted molar refractivity (Wildman–Crippen MR) is 78.8 cm³/mol. The van der Waals surface area contributed by atoms with Gasteiger partial charge in [0.2, 0.25) is 0 Å². The third-order valence-corrected chi connectivity index (χ3v) is 3.86. The topological polar surface area (TPSA) is 74.0 Å². The number of pyridine rings is 1. The number of carbonyl (C=O) groups is 1. The molecule has 1 fully saturated rings. The fourth-order valence-electron chi connectivity index (χ4n) is 2.75. The van der Waals surface area contributed by atoms with Gasteiger partial charge in [-0.2, -0.15) is 0 Å². The summed E-state index contributed by atoms with van der Waals surface area (Å²) in [6.45, 7) is 4.00. The highest BCUT2D eigenvalue weighted by Crippen LogP contribution is 2.17. The van der Waals surface area contributed by atoms with Crippen LogP contribution in [0.15, 0.2) is 10.9 Å². The molecule has 5 heteroatoms. The summed E-state index contributed by atoms with van der Waals surface area (Å²) in [5.74, 6) is 0. The number of aromatic nitrogens is 1. The number of urea groups is 1. The summed E-state index contributed by atoms with van der Waals surface area (Å²) in [6.07, 6.45) is 5.73. The van der Waals surface area contributed by atoms with Gasteiger partial charge in [0.1, 0.15) is 0 Å². The fraction of sp³-hybridized carbons (Fsp3) is 0.600. The van der Waals surface area contributed by atoms with Crippen LogP contribution in [0.2, 0.25) is 0 Å². The van der Waals surface area contributed by atoms with E-state index >= 15 is 0 Å². The second kappa shape index (κ2) is 6.59. The summed E-state index contributed by atoms with van der Waals surface area (Å²) in [5, 5.41) is 5.75. The average molecular weight is 277 g/mol. The highest BCUT2D eigenvalue weighted by molar-refractivity contribution is 5.74. The maximum atomic E-state index is 11.8. The minimum absolute atomic E-state index is 0.125. The zero-order valence-corrected chi connectivity index (χ0v) is 12.2. The SMILES string of the molecule is Cc1cc(C)c(CNC(=O)NC2CCCCC2)c(=O)[nH]1. The third kappa shape index (κ3) is 3.85. The van der Waals surface area contributed by atoms with E-state index < -0.39 is 0 Å². The van der Waals surface area contributed by atoms with E-state index in [1.165, 1.54) is 19.3 Å². The van der Waals surface area contributed by atoms with Gasteiger partial charge in [-0.05, 0) is 38.3 Å². The molecule has 1 saturated carbocycles. The van der Waals surface area contributed by atoms with Crippen molar-refractivity contribution in [3.63, 3.8) is 0 Å². The molecule has 2 rings (SSSR count). The van der Waals surface area contributed by atoms with Crippen molar-refractivity contribution in [3.05, 3.63) is 33.2 Å². The van der Waals surface area contributed by atoms with Crippen molar-refractivity contribution in [2.75, 3.05) is 0 Å². The van der Waals surface area contributed by atoms with Gasteiger partial charge in [0.05, 0.1) is 6.54 Å². The zero-order valence-electron chi connectivity index (χ0n) is 12.2. The van der Waals surface area contributed by atoms with Crippen molar-refractivity contribution in [3.8, 4) is 0 Å². The van der Waals surface area contributed by atoms with Gasteiger partial charge < -0.3 is 15.6 Å². The molecule has 2 amide bonds. The molecular weight excluding hydrogens is 254 g/mol. The van der Waals surface area contributed by atoms with E-state index in [1.807, 2.05) is 19.9 Å². The molecule has 0 aromatic carbocycles. The van der Waals surface area contributed by atoms with Crippen LogP contribution in [0, 0.1) is 13.8 Å². The lowest BCUT2D eigenvalue weighted by Crippen LogP contribution is -2.43. The second-order valence-corrected chi connectivity index (χ2v) is 5.60. The molecule has 1 aromatic rings. The molecule has 3 N–H and O–H groups in total. The van der Waals surface area contributed by atoms with Gasteiger partial charge >= 0.3 is 6.03 Å². The lowest BCUT2D eigenvalue weighted by atomic mass is 9.96. The first-order chi connectivity index (χ1) is 9.56. The van der Waals surface area contributed by atoms with Crippen LogP contribution in [0.1, 0.15) is 48.9 Å². The molecule has 20 heavy (non-hydrogen) atoms. The largest absolute Gasteiger partial charge is 0.335 e. The lowest BCUT2D eigenvalue weighted by molar-refractivity contribution is 0.232. The van der Waals surface area contributed by atoms with Crippen LogP contribution < -0.4 is 16.2 Å². The highest BCUT2D eigenvalue weighted by Gasteiger charge is 2.15. The highest BCUT2D eigenvalue weighted by atomic mass is 16.2. The van der Waals surface area contributed by atoms with E-state index in [1.54, 1.807) is 0 Å². The summed E-state index contributed by atoms with van der Waals surface area (Å²) < 4.78 is 0. The number of nitrogens with one attached hydrogen (secondary N) is 3. The Morgan fingerprint density at radius 1 is 1.30 bits per heavy atom. The maximum Gasteiger partial charge on any atom is 0.315 e. The maximum absolute atomic E-state index is 11.8. The van der Waals surface area contributed by atoms with Crippen molar-refractivity contribution in [1.82, 2.24) is 15.6 Å². The number of aryl methyl sites for hydroxylation is 2. The summed E-state index contributed by atoms with van der Waals surface area (Å²) in [4.78, 5) is 26.4. The standard InChI is InChI=1S/C15H23N3O2/c1-10-8-11(2)17-14(19)13(10)9-16-15(20)18-12-6-4-3-5-7-12/h8,12H,3-7,9H2,1-2H3,(H,17,19)(H2,16,18,20). The van der Waals surface area contributed by atoms with Crippen LogP contribution in [0.3, 0.4) is 0 Å². The Morgan fingerprint density at radius 2 is 2.00 bits per heavy atom. The quantitative estimate of drug-likeness (QED) is 0.791. The van der Waals surface area contributed by atoms with Crippen molar-refractivity contribution >= 4 is 6.03 Å². The molecule has 1 aliphatic rings. The molecular formula is C15H23N3O2. The number of carbonyl (C=O) groups excluding carboxylic acids is 1. The molecule has 1 heterocycles. The molecule has 0 bridgehead atoms. The third-order valence-electron chi connectivity index (χ3n) is 3.86. The number of amides is 2. The number of rotatable bonds is 3. The minimum atomic E-state index is -0.184. The number of aromatic amines is 1. The molecule has 110 valence electrons. The summed E-state index contributed by atoms with van der Waals surface area (Å²) in [7, 11) is 0. The van der Waals surface area contributed by atoms with E-state index in [0.717, 1.165) is 24.1 Å². The monoisotopic (exact) mass is 277 g/mol. The molecule has 0 unspecified atom stereocenters. The van der Waals surface area contributed by atoms with Crippen molar-refractivity contribution in [2.24, 2.45) is 0 Å². The van der Waals surface area contributed by atoms with Gasteiger partial charge in [-0.15, -0.1) is 0 Å². The normalized spacial score (nSPS) is 15.9. The first kappa shape index (κ1) is 14.6. The average Bonchev–Trinajstić information content (AvgIpc) is 2.38. The first-order valence-corrected chi connectivity index (χ1v) is 7.30. The lowest BCUT2D eigenvalue weighted by Gasteiger charge is -2.22. The van der Waals surface area contributed by atoms with E-state index in [9.17, 15) is 9.59 Å². The Balaban J connectivity index is 1.88. The van der Waals surface area contributed by atoms with E-state index in [-0.39, 0.29) is 24.2 Å². The van der Waals surface area contributed by atoms with Gasteiger partial charge in [0, 0.05) is 17.3 Å². The Bertz CT molecular complexity index is 530. The van der Waals surface area contributed by atoms with E-state index in [4.69, 9.17) is 0 Å². The molecule has 1 aliphatic carbocycles. The van der Waals surface area contributed by atoms with Gasteiger partial charge in [0.15, 0.2) is 0 Å². The van der Waals surface area contributed by atoms with Crippen molar-refractivity contribution in [1.29, 1.82) is 0 Å². The molecule has 5 nitrogen and oxygen atoms in total. The Hall–Kier alpha value is -1.78. The van der Waals surface area contributed by atoms with Crippen LogP contribution in [-0.2, 0) is 6.54 Å². The van der Waals surface area contributed by atoms with Crippen LogP contribution in [0.4, 0.5) is 4.79 Å². The molecule has 0 spiro atoms. The van der Waals surface area contributed by atoms with Gasteiger partial charge in [0.25, 0.3) is 5.56 Å². The van der Waals surface area contributed by atoms with Crippen LogP contribution in [-0.4, -0.2) is 17.1 Å². The number of H-pyrrole nitrogens is 1. The van der Waals surface area contributed by atoms with Crippen LogP contribution >= 0.6 is 0 Å². The van der Waals surface area contributed by atoms with E-state index in [2.05, 4.69) is 15.6 Å². The Labute approximate surface area is 119 Å². The fourth-order valence-corrected chi connectivity index (χ4v) is 2.75. The molecule has 0 saturated heterocycles. The second-order valence-electron chi connectivity index (χ2n) is 5.60. The molecule has 0 atom stereocenters. The molecule has 1 aromatic heterocycles. The molecule has 0 radical (unpaired) electrons. The first-order valence-electron chi connectivity index (χ1n) is 7.30. The number of hydrogen-bond acceptors (Lipinski definition) is 2. The van der Waals surface area contributed by atoms with Gasteiger partial charge in [-0.25, -0.2) is 4.79 Å². The Morgan fingerprint density at radius 3 is 2.65 bits per heavy atom. The summed E-state index contributed by atoms with van der Waals surface area (Å²) in [5.41, 5.74) is 2.24. The smallest absolute Gasteiger partial charge is 0.315 e. The Kier molecular flexibility index (Phi) is 4.82. The zero-order chi connectivity index (χ0) is 14.5. The van der Waals surface area contributed by atoms with Crippen molar-refractivity contribution < 1.29 is 4.79 Å². The van der Waals surface area contributed by atoms with Gasteiger partial charge in [-0.1, -0.05) is 19.3 Å². The van der Waals surface area contributed by atoms with Gasteiger partial charge in [-0.3, -0.25) is 4.79 Å². The van der Waals surface area contributed by atoms with E-state index in [0.29, 0.717) is 5.56 Å². The van der Waals surface area contributed by atoms with Crippen LogP contribution in [0.5, 0.6) is 0 Å². The molecule has 0 aliphatic heterocycles. The summed E-state index contributed by atoms with van der Waals surface area (Å²) >= 11 is 0. The number of hydrogen-bond donors (Lipinski definition) is 3.